The third kappa shape index (κ3) is 1.33. The Labute approximate surface area is 70.4 Å². The van der Waals surface area contributed by atoms with Crippen LogP contribution in [-0.2, 0) is 4.79 Å². The predicted octanol–water partition coefficient (Wildman–Crippen LogP) is 0.173. The molecule has 3 N–H and O–H groups in total. The van der Waals surface area contributed by atoms with Crippen LogP contribution in [0.3, 0.4) is 0 Å². The molecule has 0 atom stereocenters. The van der Waals surface area contributed by atoms with Gasteiger partial charge in [0.1, 0.15) is 0 Å². The van der Waals surface area contributed by atoms with Crippen molar-refractivity contribution in [3.8, 4) is 0 Å². The Kier molecular flexibility index (Phi) is 1.83. The summed E-state index contributed by atoms with van der Waals surface area (Å²) < 4.78 is 0. The number of hydrogen-bond acceptors (Lipinski definition) is 2. The molecule has 0 radical (unpaired) electrons. The number of nitrogens with one attached hydrogen (secondary N) is 3. The van der Waals surface area contributed by atoms with Crippen LogP contribution < -0.4 is 10.6 Å². The number of carbonyl (C=O) groups is 1. The summed E-state index contributed by atoms with van der Waals surface area (Å²) in [5.74, 6) is 0.258. The Morgan fingerprint density at radius 2 is 2.42 bits per heavy atom. The van der Waals surface area contributed by atoms with Gasteiger partial charge < -0.3 is 15.6 Å². The van der Waals surface area contributed by atoms with E-state index in [4.69, 9.17) is 0 Å². The number of amides is 1. The molecule has 0 spiro atoms. The first-order chi connectivity index (χ1) is 5.86. The van der Waals surface area contributed by atoms with Crippen LogP contribution in [0.2, 0.25) is 0 Å². The van der Waals surface area contributed by atoms with Gasteiger partial charge in [-0.3, -0.25) is 4.79 Å². The average Bonchev–Trinajstić information content (AvgIpc) is 2.34. The Hall–Kier alpha value is -1.29. The minimum absolute atomic E-state index is 0.105. The average molecular weight is 165 g/mol. The van der Waals surface area contributed by atoms with Gasteiger partial charge >= 0.3 is 0 Å². The van der Waals surface area contributed by atoms with E-state index in [0.717, 1.165) is 18.8 Å². The largest absolute Gasteiger partial charge is 0.366 e. The molecular weight excluding hydrogens is 154 g/mol. The number of carbonyl (C=O) groups excluding carboxylic acids is 1. The molecule has 1 aromatic heterocycles. The molecule has 0 unspecified atom stereocenters. The second kappa shape index (κ2) is 2.98. The summed E-state index contributed by atoms with van der Waals surface area (Å²) in [7, 11) is 0. The van der Waals surface area contributed by atoms with E-state index in [9.17, 15) is 4.79 Å². The number of aromatic nitrogens is 1. The Balaban J connectivity index is 1.90. The molecule has 2 heterocycles. The minimum Gasteiger partial charge on any atom is -0.366 e. The van der Waals surface area contributed by atoms with E-state index in [1.165, 1.54) is 0 Å². The highest BCUT2D eigenvalue weighted by atomic mass is 16.2. The number of rotatable bonds is 2. The van der Waals surface area contributed by atoms with Crippen molar-refractivity contribution < 1.29 is 4.79 Å². The van der Waals surface area contributed by atoms with Gasteiger partial charge in [0.15, 0.2) is 0 Å². The van der Waals surface area contributed by atoms with Crippen molar-refractivity contribution in [1.82, 2.24) is 10.3 Å². The second-order valence-corrected chi connectivity index (χ2v) is 2.94. The molecular formula is C8H11N3O. The van der Waals surface area contributed by atoms with E-state index >= 15 is 0 Å². The van der Waals surface area contributed by atoms with Crippen molar-refractivity contribution in [3.63, 3.8) is 0 Å². The van der Waals surface area contributed by atoms with Crippen molar-refractivity contribution in [2.24, 2.45) is 5.92 Å². The molecule has 1 aromatic rings. The summed E-state index contributed by atoms with van der Waals surface area (Å²) in [6, 6.07) is 1.84. The molecule has 12 heavy (non-hydrogen) atoms. The van der Waals surface area contributed by atoms with E-state index in [0.29, 0.717) is 0 Å². The summed E-state index contributed by atoms with van der Waals surface area (Å²) in [4.78, 5) is 14.2. The van der Waals surface area contributed by atoms with Crippen LogP contribution in [0, 0.1) is 5.92 Å². The van der Waals surface area contributed by atoms with E-state index in [1.807, 2.05) is 6.07 Å². The fraction of sp³-hybridized carbons (Fsp3) is 0.375. The summed E-state index contributed by atoms with van der Waals surface area (Å²) in [6.07, 6.45) is 3.55. The number of anilines is 1. The van der Waals surface area contributed by atoms with Crippen LogP contribution >= 0.6 is 0 Å². The van der Waals surface area contributed by atoms with Gasteiger partial charge in [0, 0.05) is 25.5 Å². The maximum Gasteiger partial charge on any atom is 0.230 e. The lowest BCUT2D eigenvalue weighted by molar-refractivity contribution is -0.121. The molecule has 2 rings (SSSR count). The Bertz CT molecular complexity index is 264. The van der Waals surface area contributed by atoms with E-state index in [2.05, 4.69) is 15.6 Å². The Morgan fingerprint density at radius 1 is 1.58 bits per heavy atom. The third-order valence-electron chi connectivity index (χ3n) is 2.02. The first kappa shape index (κ1) is 7.36. The van der Waals surface area contributed by atoms with Gasteiger partial charge in [-0.05, 0) is 6.07 Å². The lowest BCUT2D eigenvalue weighted by Gasteiger charge is -2.25. The fourth-order valence-corrected chi connectivity index (χ4v) is 1.12. The molecule has 4 heteroatoms. The maximum atomic E-state index is 11.3. The highest BCUT2D eigenvalue weighted by molar-refractivity contribution is 5.93. The topological polar surface area (TPSA) is 56.9 Å². The van der Waals surface area contributed by atoms with Crippen LogP contribution in [-0.4, -0.2) is 24.0 Å². The van der Waals surface area contributed by atoms with Crippen molar-refractivity contribution in [2.45, 2.75) is 0 Å². The lowest BCUT2D eigenvalue weighted by Crippen LogP contribution is -2.48. The molecule has 0 aliphatic carbocycles. The van der Waals surface area contributed by atoms with E-state index in [-0.39, 0.29) is 11.8 Å². The standard InChI is InChI=1S/C8H11N3O/c12-8(6-3-10-4-6)11-7-1-2-9-5-7/h1-2,5-6,9-10H,3-4H2,(H,11,12). The van der Waals surface area contributed by atoms with Gasteiger partial charge in [-0.1, -0.05) is 0 Å². The van der Waals surface area contributed by atoms with Crippen LogP contribution in [0.15, 0.2) is 18.5 Å². The van der Waals surface area contributed by atoms with Crippen LogP contribution in [0.1, 0.15) is 0 Å². The smallest absolute Gasteiger partial charge is 0.230 e. The van der Waals surface area contributed by atoms with Crippen molar-refractivity contribution in [1.29, 1.82) is 0 Å². The quantitative estimate of drug-likeness (QED) is 0.585. The normalized spacial score (nSPS) is 17.0. The molecule has 64 valence electrons. The zero-order chi connectivity index (χ0) is 8.39. The van der Waals surface area contributed by atoms with Gasteiger partial charge in [0.05, 0.1) is 11.6 Å². The minimum atomic E-state index is 0.105. The molecule has 1 amide bonds. The van der Waals surface area contributed by atoms with Gasteiger partial charge in [-0.2, -0.15) is 0 Å². The van der Waals surface area contributed by atoms with Crippen LogP contribution in [0.25, 0.3) is 0 Å². The monoisotopic (exact) mass is 165 g/mol. The zero-order valence-corrected chi connectivity index (χ0v) is 6.63. The highest BCUT2D eigenvalue weighted by Crippen LogP contribution is 2.09. The van der Waals surface area contributed by atoms with Crippen LogP contribution in [0.5, 0.6) is 0 Å². The zero-order valence-electron chi connectivity index (χ0n) is 6.63. The summed E-state index contributed by atoms with van der Waals surface area (Å²) in [5, 5.41) is 5.87. The molecule has 1 aliphatic heterocycles. The first-order valence-corrected chi connectivity index (χ1v) is 4.00. The van der Waals surface area contributed by atoms with Crippen LogP contribution in [0.4, 0.5) is 5.69 Å². The summed E-state index contributed by atoms with van der Waals surface area (Å²) >= 11 is 0. The molecule has 1 saturated heterocycles. The van der Waals surface area contributed by atoms with Gasteiger partial charge in [-0.25, -0.2) is 0 Å². The lowest BCUT2D eigenvalue weighted by atomic mass is 10.0. The molecule has 0 aromatic carbocycles. The SMILES string of the molecule is O=C(Nc1cc[nH]c1)C1CNC1. The van der Waals surface area contributed by atoms with E-state index < -0.39 is 0 Å². The molecule has 1 fully saturated rings. The molecule has 0 bridgehead atoms. The van der Waals surface area contributed by atoms with Gasteiger partial charge in [0.25, 0.3) is 0 Å². The number of aromatic amines is 1. The second-order valence-electron chi connectivity index (χ2n) is 2.94. The van der Waals surface area contributed by atoms with E-state index in [1.54, 1.807) is 12.4 Å². The van der Waals surface area contributed by atoms with Crippen molar-refractivity contribution in [3.05, 3.63) is 18.5 Å². The van der Waals surface area contributed by atoms with Gasteiger partial charge in [0.2, 0.25) is 5.91 Å². The van der Waals surface area contributed by atoms with Gasteiger partial charge in [-0.15, -0.1) is 0 Å². The molecule has 4 nitrogen and oxygen atoms in total. The van der Waals surface area contributed by atoms with Crippen molar-refractivity contribution >= 4 is 11.6 Å². The Morgan fingerprint density at radius 3 is 2.92 bits per heavy atom. The first-order valence-electron chi connectivity index (χ1n) is 4.00. The summed E-state index contributed by atoms with van der Waals surface area (Å²) in [5.41, 5.74) is 0.840. The number of hydrogen-bond donors (Lipinski definition) is 3. The van der Waals surface area contributed by atoms with Crippen molar-refractivity contribution in [2.75, 3.05) is 18.4 Å². The maximum absolute atomic E-state index is 11.3. The fourth-order valence-electron chi connectivity index (χ4n) is 1.12. The molecule has 0 saturated carbocycles. The number of H-pyrrole nitrogens is 1. The highest BCUT2D eigenvalue weighted by Gasteiger charge is 2.24. The molecule has 1 aliphatic rings. The third-order valence-corrected chi connectivity index (χ3v) is 2.02. The summed E-state index contributed by atoms with van der Waals surface area (Å²) in [6.45, 7) is 1.60. The predicted molar refractivity (Wildman–Crippen MR) is 45.8 cm³/mol.